The van der Waals surface area contributed by atoms with Crippen molar-refractivity contribution in [3.05, 3.63) is 23.8 Å². The number of carbonyl (C=O) groups is 1. The standard InChI is InChI=1S/C11H16N2O6S/c1-2-12-20(18,19)13-8(11(16)17)5-7-3-4-9(14)10(15)6-7/h3-4,6,8,12-15H,2,5H2,1H3,(H,16,17). The Balaban J connectivity index is 2.87. The van der Waals surface area contributed by atoms with Crippen molar-refractivity contribution in [3.8, 4) is 11.5 Å². The van der Waals surface area contributed by atoms with E-state index in [0.717, 1.165) is 0 Å². The molecule has 0 spiro atoms. The fourth-order valence-electron chi connectivity index (χ4n) is 1.53. The third-order valence-corrected chi connectivity index (χ3v) is 3.67. The van der Waals surface area contributed by atoms with Gasteiger partial charge in [-0.05, 0) is 24.1 Å². The SMILES string of the molecule is CCNS(=O)(=O)NC(Cc1ccc(O)c(O)c1)C(=O)O. The molecule has 0 aliphatic rings. The Bertz CT molecular complexity index is 587. The summed E-state index contributed by atoms with van der Waals surface area (Å²) < 4.78 is 27.1. The number of hydrogen-bond donors (Lipinski definition) is 5. The molecule has 5 N–H and O–H groups in total. The monoisotopic (exact) mass is 304 g/mol. The average Bonchev–Trinajstić information content (AvgIpc) is 2.32. The summed E-state index contributed by atoms with van der Waals surface area (Å²) in [6.45, 7) is 1.69. The number of nitrogens with one attached hydrogen (secondary N) is 2. The minimum Gasteiger partial charge on any atom is -0.504 e. The van der Waals surface area contributed by atoms with Crippen molar-refractivity contribution in [1.82, 2.24) is 9.44 Å². The van der Waals surface area contributed by atoms with Crippen molar-refractivity contribution in [3.63, 3.8) is 0 Å². The molecule has 9 heteroatoms. The van der Waals surface area contributed by atoms with Crippen molar-refractivity contribution in [2.45, 2.75) is 19.4 Å². The number of aromatic hydroxyl groups is 2. The Morgan fingerprint density at radius 2 is 1.95 bits per heavy atom. The normalized spacial score (nSPS) is 13.1. The first-order valence-corrected chi connectivity index (χ1v) is 7.24. The fraction of sp³-hybridized carbons (Fsp3) is 0.364. The van der Waals surface area contributed by atoms with E-state index in [2.05, 4.69) is 4.72 Å². The molecule has 20 heavy (non-hydrogen) atoms. The smallest absolute Gasteiger partial charge is 0.322 e. The molecular formula is C11H16N2O6S. The fourth-order valence-corrected chi connectivity index (χ4v) is 2.55. The molecule has 8 nitrogen and oxygen atoms in total. The van der Waals surface area contributed by atoms with E-state index in [1.54, 1.807) is 6.92 Å². The molecule has 0 fully saturated rings. The second kappa shape index (κ2) is 6.55. The number of carboxylic acid groups (broad SMARTS) is 1. The van der Waals surface area contributed by atoms with Crippen LogP contribution in [0.2, 0.25) is 0 Å². The van der Waals surface area contributed by atoms with Crippen molar-refractivity contribution in [2.24, 2.45) is 0 Å². The maximum Gasteiger partial charge on any atom is 0.322 e. The highest BCUT2D eigenvalue weighted by molar-refractivity contribution is 7.87. The molecular weight excluding hydrogens is 288 g/mol. The third-order valence-electron chi connectivity index (χ3n) is 2.41. The third kappa shape index (κ3) is 4.68. The molecule has 1 atom stereocenters. The van der Waals surface area contributed by atoms with Gasteiger partial charge in [0.05, 0.1) is 0 Å². The molecule has 0 saturated heterocycles. The van der Waals surface area contributed by atoms with E-state index in [4.69, 9.17) is 10.2 Å². The molecule has 0 aromatic heterocycles. The highest BCUT2D eigenvalue weighted by atomic mass is 32.2. The number of benzene rings is 1. The van der Waals surface area contributed by atoms with Crippen molar-refractivity contribution < 1.29 is 28.5 Å². The molecule has 112 valence electrons. The highest BCUT2D eigenvalue weighted by Crippen LogP contribution is 2.25. The van der Waals surface area contributed by atoms with Crippen molar-refractivity contribution in [2.75, 3.05) is 6.54 Å². The van der Waals surface area contributed by atoms with Crippen LogP contribution in [-0.4, -0.2) is 42.3 Å². The Labute approximate surface area is 116 Å². The van der Waals surface area contributed by atoms with Crippen LogP contribution < -0.4 is 9.44 Å². The summed E-state index contributed by atoms with van der Waals surface area (Å²) in [5.41, 5.74) is 0.367. The first-order valence-electron chi connectivity index (χ1n) is 5.75. The van der Waals surface area contributed by atoms with Crippen LogP contribution in [0.25, 0.3) is 0 Å². The van der Waals surface area contributed by atoms with Gasteiger partial charge in [-0.3, -0.25) is 4.79 Å². The maximum atomic E-state index is 11.5. The van der Waals surface area contributed by atoms with E-state index >= 15 is 0 Å². The number of aliphatic carboxylic acids is 1. The van der Waals surface area contributed by atoms with Crippen LogP contribution in [-0.2, 0) is 21.4 Å². The summed E-state index contributed by atoms with van der Waals surface area (Å²) in [7, 11) is -3.91. The number of hydrogen-bond acceptors (Lipinski definition) is 5. The van der Waals surface area contributed by atoms with Crippen LogP contribution in [0, 0.1) is 0 Å². The summed E-state index contributed by atoms with van der Waals surface area (Å²) in [5.74, 6) is -2.09. The second-order valence-corrected chi connectivity index (χ2v) is 5.57. The number of carboxylic acids is 1. The van der Waals surface area contributed by atoms with E-state index in [-0.39, 0.29) is 18.7 Å². The first-order chi connectivity index (χ1) is 9.25. The molecule has 0 radical (unpaired) electrons. The Hall–Kier alpha value is -1.84. The van der Waals surface area contributed by atoms with Gasteiger partial charge in [-0.25, -0.2) is 4.72 Å². The van der Waals surface area contributed by atoms with Crippen LogP contribution in [0.1, 0.15) is 12.5 Å². The lowest BCUT2D eigenvalue weighted by atomic mass is 10.1. The Morgan fingerprint density at radius 3 is 2.45 bits per heavy atom. The van der Waals surface area contributed by atoms with Crippen molar-refractivity contribution in [1.29, 1.82) is 0 Å². The topological polar surface area (TPSA) is 136 Å². The number of phenolic OH excluding ortho intramolecular Hbond substituents is 2. The van der Waals surface area contributed by atoms with Gasteiger partial charge in [0.1, 0.15) is 6.04 Å². The second-order valence-electron chi connectivity index (χ2n) is 4.04. The molecule has 0 heterocycles. The van der Waals surface area contributed by atoms with E-state index in [1.807, 2.05) is 4.72 Å². The summed E-state index contributed by atoms with van der Waals surface area (Å²) >= 11 is 0. The predicted molar refractivity (Wildman–Crippen MR) is 70.6 cm³/mol. The molecule has 0 saturated carbocycles. The lowest BCUT2D eigenvalue weighted by Gasteiger charge is -2.15. The van der Waals surface area contributed by atoms with E-state index in [9.17, 15) is 18.3 Å². The summed E-state index contributed by atoms with van der Waals surface area (Å²) in [4.78, 5) is 11.1. The molecule has 1 rings (SSSR count). The van der Waals surface area contributed by atoms with Crippen LogP contribution in [0.15, 0.2) is 18.2 Å². The van der Waals surface area contributed by atoms with Gasteiger partial charge in [0.2, 0.25) is 0 Å². The van der Waals surface area contributed by atoms with Gasteiger partial charge in [-0.15, -0.1) is 0 Å². The zero-order valence-corrected chi connectivity index (χ0v) is 11.5. The Morgan fingerprint density at radius 1 is 1.30 bits per heavy atom. The average molecular weight is 304 g/mol. The molecule has 1 aromatic rings. The van der Waals surface area contributed by atoms with Gasteiger partial charge in [0.25, 0.3) is 10.2 Å². The van der Waals surface area contributed by atoms with Gasteiger partial charge >= 0.3 is 5.97 Å². The lowest BCUT2D eigenvalue weighted by Crippen LogP contribution is -2.47. The van der Waals surface area contributed by atoms with Gasteiger partial charge in [-0.1, -0.05) is 13.0 Å². The van der Waals surface area contributed by atoms with E-state index < -0.39 is 28.0 Å². The zero-order chi connectivity index (χ0) is 15.3. The van der Waals surface area contributed by atoms with Gasteiger partial charge in [0, 0.05) is 6.54 Å². The lowest BCUT2D eigenvalue weighted by molar-refractivity contribution is -0.138. The summed E-state index contributed by atoms with van der Waals surface area (Å²) in [6, 6.07) is 2.38. The number of phenols is 2. The summed E-state index contributed by atoms with van der Waals surface area (Å²) in [5, 5.41) is 27.5. The van der Waals surface area contributed by atoms with Crippen LogP contribution in [0.4, 0.5) is 0 Å². The van der Waals surface area contributed by atoms with Crippen LogP contribution in [0.3, 0.4) is 0 Å². The van der Waals surface area contributed by atoms with Gasteiger partial charge in [-0.2, -0.15) is 13.1 Å². The molecule has 0 aliphatic carbocycles. The molecule has 0 aliphatic heterocycles. The summed E-state index contributed by atoms with van der Waals surface area (Å²) in [6.07, 6.45) is -0.173. The van der Waals surface area contributed by atoms with E-state index in [1.165, 1.54) is 18.2 Å². The van der Waals surface area contributed by atoms with Crippen molar-refractivity contribution >= 4 is 16.2 Å². The minimum absolute atomic E-state index is 0.127. The molecule has 0 amide bonds. The maximum absolute atomic E-state index is 11.5. The Kier molecular flexibility index (Phi) is 5.31. The van der Waals surface area contributed by atoms with Gasteiger partial charge < -0.3 is 15.3 Å². The molecule has 1 unspecified atom stereocenters. The van der Waals surface area contributed by atoms with E-state index in [0.29, 0.717) is 5.56 Å². The predicted octanol–water partition coefficient (Wildman–Crippen LogP) is -0.463. The number of rotatable bonds is 7. The molecule has 0 bridgehead atoms. The largest absolute Gasteiger partial charge is 0.504 e. The highest BCUT2D eigenvalue weighted by Gasteiger charge is 2.24. The van der Waals surface area contributed by atoms with Crippen LogP contribution in [0.5, 0.6) is 11.5 Å². The van der Waals surface area contributed by atoms with Gasteiger partial charge in [0.15, 0.2) is 11.5 Å². The quantitative estimate of drug-likeness (QED) is 0.432. The minimum atomic E-state index is -3.91. The molecule has 1 aromatic carbocycles. The first kappa shape index (κ1) is 16.2. The zero-order valence-electron chi connectivity index (χ0n) is 10.7. The van der Waals surface area contributed by atoms with Crippen LogP contribution >= 0.6 is 0 Å².